The predicted octanol–water partition coefficient (Wildman–Crippen LogP) is -0.138. The van der Waals surface area contributed by atoms with Crippen molar-refractivity contribution in [1.29, 1.82) is 0 Å². The zero-order valence-electron chi connectivity index (χ0n) is 7.84. The van der Waals surface area contributed by atoms with E-state index in [1.165, 1.54) is 0 Å². The normalized spacial score (nSPS) is 15.1. The highest BCUT2D eigenvalue weighted by molar-refractivity contribution is 7.52. The number of halogens is 1. The summed E-state index contributed by atoms with van der Waals surface area (Å²) < 4.78 is 22.6. The second kappa shape index (κ2) is 5.97. The molecule has 5 N–H and O–H groups in total. The van der Waals surface area contributed by atoms with Crippen molar-refractivity contribution in [2.75, 3.05) is 12.8 Å². The molecular formula is C7H13FNO5P. The Hall–Kier alpha value is -0.750. The van der Waals surface area contributed by atoms with Gasteiger partial charge in [0.2, 0.25) is 0 Å². The molecule has 88 valence electrons. The van der Waals surface area contributed by atoms with Gasteiger partial charge in [0.15, 0.2) is 0 Å². The number of carboxylic acid groups (broad SMARTS) is 1. The summed E-state index contributed by atoms with van der Waals surface area (Å²) in [6.07, 6.45) is 0.0605. The van der Waals surface area contributed by atoms with Crippen LogP contribution in [0.3, 0.4) is 0 Å². The lowest BCUT2D eigenvalue weighted by Gasteiger charge is -2.09. The second-order valence-corrected chi connectivity index (χ2v) is 4.60. The van der Waals surface area contributed by atoms with E-state index in [9.17, 15) is 13.8 Å². The van der Waals surface area contributed by atoms with Gasteiger partial charge in [-0.2, -0.15) is 0 Å². The van der Waals surface area contributed by atoms with Crippen molar-refractivity contribution in [2.45, 2.75) is 12.5 Å². The average molecular weight is 241 g/mol. The molecule has 0 aliphatic carbocycles. The molecule has 0 rings (SSSR count). The molecule has 0 amide bonds. The molecule has 1 unspecified atom stereocenters. The quantitative estimate of drug-likeness (QED) is 0.379. The number of aliphatic carboxylic acids is 1. The number of rotatable bonds is 6. The van der Waals surface area contributed by atoms with Gasteiger partial charge >= 0.3 is 13.6 Å². The first-order valence-corrected chi connectivity index (χ1v) is 5.84. The van der Waals surface area contributed by atoms with E-state index in [4.69, 9.17) is 20.6 Å². The van der Waals surface area contributed by atoms with E-state index in [1.807, 2.05) is 0 Å². The van der Waals surface area contributed by atoms with Crippen LogP contribution in [0.15, 0.2) is 11.6 Å². The lowest BCUT2D eigenvalue weighted by atomic mass is 10.1. The summed E-state index contributed by atoms with van der Waals surface area (Å²) in [5, 5.41) is 8.44. The summed E-state index contributed by atoms with van der Waals surface area (Å²) in [7, 11) is -4.32. The molecule has 0 aromatic heterocycles. The van der Waals surface area contributed by atoms with E-state index in [2.05, 4.69) is 0 Å². The highest BCUT2D eigenvalue weighted by Gasteiger charge is 2.18. The zero-order chi connectivity index (χ0) is 12.1. The summed E-state index contributed by atoms with van der Waals surface area (Å²) in [5.74, 6) is -1.34. The van der Waals surface area contributed by atoms with Crippen LogP contribution >= 0.6 is 7.60 Å². The number of carboxylic acids is 1. The van der Waals surface area contributed by atoms with Crippen LogP contribution in [0.2, 0.25) is 0 Å². The first-order valence-electron chi connectivity index (χ1n) is 4.04. The fraction of sp³-hybridized carbons (Fsp3) is 0.571. The molecule has 0 saturated heterocycles. The van der Waals surface area contributed by atoms with Crippen molar-refractivity contribution in [3.63, 3.8) is 0 Å². The van der Waals surface area contributed by atoms with Crippen molar-refractivity contribution in [3.8, 4) is 0 Å². The number of alkyl halides is 1. The van der Waals surface area contributed by atoms with Crippen LogP contribution in [0.4, 0.5) is 4.39 Å². The molecule has 8 heteroatoms. The molecule has 0 heterocycles. The van der Waals surface area contributed by atoms with Crippen molar-refractivity contribution >= 4 is 13.6 Å². The van der Waals surface area contributed by atoms with E-state index >= 15 is 0 Å². The Kier molecular flexibility index (Phi) is 5.67. The van der Waals surface area contributed by atoms with Crippen molar-refractivity contribution in [2.24, 2.45) is 5.73 Å². The Morgan fingerprint density at radius 1 is 1.53 bits per heavy atom. The highest BCUT2D eigenvalue weighted by Crippen LogP contribution is 2.37. The highest BCUT2D eigenvalue weighted by atomic mass is 31.2. The van der Waals surface area contributed by atoms with Crippen LogP contribution in [-0.4, -0.2) is 39.7 Å². The molecule has 0 aromatic carbocycles. The van der Waals surface area contributed by atoms with Gasteiger partial charge in [0, 0.05) is 0 Å². The average Bonchev–Trinajstić information content (AvgIpc) is 2.00. The molecule has 0 aliphatic heterocycles. The van der Waals surface area contributed by atoms with E-state index < -0.39 is 32.4 Å². The Labute approximate surface area is 85.8 Å². The molecule has 1 atom stereocenters. The molecular weight excluding hydrogens is 228 g/mol. The first kappa shape index (κ1) is 14.2. The first-order chi connectivity index (χ1) is 6.76. The summed E-state index contributed by atoms with van der Waals surface area (Å²) in [4.78, 5) is 27.6. The van der Waals surface area contributed by atoms with E-state index in [0.29, 0.717) is 0 Å². The van der Waals surface area contributed by atoms with Gasteiger partial charge in [-0.3, -0.25) is 13.8 Å². The minimum absolute atomic E-state index is 0.0146. The Balaban J connectivity index is 4.65. The van der Waals surface area contributed by atoms with Crippen LogP contribution in [0.25, 0.3) is 0 Å². The van der Waals surface area contributed by atoms with Crippen molar-refractivity contribution in [1.82, 2.24) is 0 Å². The maximum Gasteiger partial charge on any atom is 0.329 e. The van der Waals surface area contributed by atoms with Gasteiger partial charge in [0.05, 0.1) is 12.8 Å². The smallest absolute Gasteiger partial charge is 0.329 e. The van der Waals surface area contributed by atoms with Crippen LogP contribution in [-0.2, 0) is 9.36 Å². The lowest BCUT2D eigenvalue weighted by molar-refractivity contribution is -0.137. The Bertz CT molecular complexity index is 300. The summed E-state index contributed by atoms with van der Waals surface area (Å²) in [6, 6.07) is -1.38. The summed E-state index contributed by atoms with van der Waals surface area (Å²) in [5.41, 5.74) is 5.13. The van der Waals surface area contributed by atoms with Gasteiger partial charge in [-0.05, 0) is 6.42 Å². The van der Waals surface area contributed by atoms with Crippen LogP contribution in [0, 0.1) is 0 Å². The maximum atomic E-state index is 12.0. The fourth-order valence-corrected chi connectivity index (χ4v) is 1.72. The largest absolute Gasteiger partial charge is 0.480 e. The minimum Gasteiger partial charge on any atom is -0.480 e. The maximum absolute atomic E-state index is 12.0. The van der Waals surface area contributed by atoms with Crippen molar-refractivity contribution < 1.29 is 28.6 Å². The standard InChI is InChI=1S/C7H13FNO5P/c8-2-1-5(4-15(12,13)14)3-6(9)7(10)11/h3,6H,1-2,4,9H2,(H,10,11)(H2,12,13,14)/b5-3-. The van der Waals surface area contributed by atoms with Gasteiger partial charge in [-0.1, -0.05) is 11.6 Å². The third-order valence-corrected chi connectivity index (χ3v) is 2.34. The molecule has 0 spiro atoms. The topological polar surface area (TPSA) is 121 Å². The molecule has 0 aliphatic rings. The number of nitrogens with two attached hydrogens (primary N) is 1. The molecule has 0 radical (unpaired) electrons. The second-order valence-electron chi connectivity index (χ2n) is 2.95. The van der Waals surface area contributed by atoms with Gasteiger partial charge in [-0.15, -0.1) is 0 Å². The monoisotopic (exact) mass is 241 g/mol. The van der Waals surface area contributed by atoms with Crippen molar-refractivity contribution in [3.05, 3.63) is 11.6 Å². The van der Waals surface area contributed by atoms with Gasteiger partial charge < -0.3 is 20.6 Å². The van der Waals surface area contributed by atoms with Gasteiger partial charge in [-0.25, -0.2) is 0 Å². The Morgan fingerprint density at radius 3 is 2.40 bits per heavy atom. The lowest BCUT2D eigenvalue weighted by Crippen LogP contribution is -2.28. The van der Waals surface area contributed by atoms with Gasteiger partial charge in [0.1, 0.15) is 6.04 Å². The van der Waals surface area contributed by atoms with Crippen LogP contribution < -0.4 is 5.73 Å². The number of carbonyl (C=O) groups is 1. The SMILES string of the molecule is NC(/C=C(/CCF)CP(=O)(O)O)C(=O)O. The molecule has 6 nitrogen and oxygen atoms in total. The number of hydrogen-bond acceptors (Lipinski definition) is 3. The third kappa shape index (κ3) is 7.21. The molecule has 15 heavy (non-hydrogen) atoms. The summed E-state index contributed by atoms with van der Waals surface area (Å²) in [6.45, 7) is -0.821. The third-order valence-electron chi connectivity index (χ3n) is 1.53. The predicted molar refractivity (Wildman–Crippen MR) is 51.2 cm³/mol. The molecule has 0 saturated carbocycles. The van der Waals surface area contributed by atoms with Crippen LogP contribution in [0.5, 0.6) is 0 Å². The van der Waals surface area contributed by atoms with Gasteiger partial charge in [0.25, 0.3) is 0 Å². The Morgan fingerprint density at radius 2 is 2.07 bits per heavy atom. The van der Waals surface area contributed by atoms with E-state index in [-0.39, 0.29) is 12.0 Å². The number of hydrogen-bond donors (Lipinski definition) is 4. The molecule has 0 aromatic rings. The van der Waals surface area contributed by atoms with Crippen LogP contribution in [0.1, 0.15) is 6.42 Å². The summed E-state index contributed by atoms with van der Waals surface area (Å²) >= 11 is 0. The minimum atomic E-state index is -4.32. The zero-order valence-corrected chi connectivity index (χ0v) is 8.73. The van der Waals surface area contributed by atoms with E-state index in [1.54, 1.807) is 0 Å². The molecule has 0 fully saturated rings. The number of allylic oxidation sites excluding steroid dienone is 1. The molecule has 0 bridgehead atoms. The fourth-order valence-electron chi connectivity index (χ4n) is 0.926. The van der Waals surface area contributed by atoms with E-state index in [0.717, 1.165) is 6.08 Å².